The van der Waals surface area contributed by atoms with Crippen molar-refractivity contribution < 1.29 is 0 Å². The van der Waals surface area contributed by atoms with E-state index in [1.165, 1.54) is 26.8 Å². The summed E-state index contributed by atoms with van der Waals surface area (Å²) in [4.78, 5) is 0. The predicted octanol–water partition coefficient (Wildman–Crippen LogP) is 5.80. The smallest absolute Gasteiger partial charge is 0.0165 e. The highest BCUT2D eigenvalue weighted by Crippen LogP contribution is 2.59. The lowest BCUT2D eigenvalue weighted by Gasteiger charge is -2.35. The quantitative estimate of drug-likeness (QED) is 0.355. The Morgan fingerprint density at radius 3 is 1.10 bits per heavy atom. The molecule has 0 nitrogen and oxygen atoms in total. The van der Waals surface area contributed by atoms with E-state index in [0.29, 0.717) is 0 Å². The van der Waals surface area contributed by atoms with Crippen LogP contribution in [0.2, 0.25) is 0 Å². The molecule has 0 bridgehead atoms. The fraction of sp³-hybridized carbons (Fsp3) is 0.0345. The van der Waals surface area contributed by atoms with Crippen LogP contribution in [-0.2, 0) is 0 Å². The van der Waals surface area contributed by atoms with E-state index in [1.54, 1.807) is 0 Å². The SMILES string of the molecule is CC1=CP(c2ccccc2)(c2ccccc2)=CP(c2ccccc2)(c2ccccc2)=C1. The summed E-state index contributed by atoms with van der Waals surface area (Å²) < 4.78 is 0. The summed E-state index contributed by atoms with van der Waals surface area (Å²) in [5.74, 6) is 5.11. The molecule has 0 saturated carbocycles. The molecule has 0 spiro atoms. The van der Waals surface area contributed by atoms with Crippen molar-refractivity contribution >= 4 is 46.3 Å². The molecule has 2 heteroatoms. The summed E-state index contributed by atoms with van der Waals surface area (Å²) in [5, 5.41) is 5.68. The van der Waals surface area contributed by atoms with Crippen molar-refractivity contribution in [2.75, 3.05) is 0 Å². The van der Waals surface area contributed by atoms with Crippen molar-refractivity contribution in [1.82, 2.24) is 0 Å². The summed E-state index contributed by atoms with van der Waals surface area (Å²) in [7, 11) is 0. The Kier molecular flexibility index (Phi) is 5.45. The Labute approximate surface area is 185 Å². The first-order valence-electron chi connectivity index (χ1n) is 10.6. The second-order valence-corrected chi connectivity index (χ2v) is 14.6. The molecule has 0 aromatic heterocycles. The first-order valence-corrected chi connectivity index (χ1v) is 14.5. The van der Waals surface area contributed by atoms with E-state index >= 15 is 0 Å². The fourth-order valence-corrected chi connectivity index (χ4v) is 15.0. The molecule has 0 amide bonds. The molecule has 4 aromatic carbocycles. The van der Waals surface area contributed by atoms with E-state index in [4.69, 9.17) is 0 Å². The highest BCUT2D eigenvalue weighted by atomic mass is 31.2. The lowest BCUT2D eigenvalue weighted by atomic mass is 10.4. The normalized spacial score (nSPS) is 16.5. The summed E-state index contributed by atoms with van der Waals surface area (Å²) in [6.45, 7) is -1.46. The molecular formula is C29H26P2. The second kappa shape index (κ2) is 8.39. The van der Waals surface area contributed by atoms with E-state index in [0.717, 1.165) is 0 Å². The minimum atomic E-state index is -1.87. The van der Waals surface area contributed by atoms with Gasteiger partial charge in [-0.3, -0.25) is 0 Å². The van der Waals surface area contributed by atoms with Crippen molar-refractivity contribution in [3.05, 3.63) is 133 Å². The Balaban J connectivity index is 1.96. The average molecular weight is 436 g/mol. The van der Waals surface area contributed by atoms with E-state index in [1.807, 2.05) is 0 Å². The highest BCUT2D eigenvalue weighted by molar-refractivity contribution is 8.13. The Hall–Kier alpha value is -2.78. The maximum atomic E-state index is 2.77. The van der Waals surface area contributed by atoms with Crippen molar-refractivity contribution in [1.29, 1.82) is 0 Å². The van der Waals surface area contributed by atoms with Crippen LogP contribution in [0.4, 0.5) is 0 Å². The van der Waals surface area contributed by atoms with Gasteiger partial charge in [-0.15, -0.1) is 0 Å². The van der Waals surface area contributed by atoms with E-state index in [-0.39, 0.29) is 0 Å². The number of hydrogen-bond donors (Lipinski definition) is 0. The van der Waals surface area contributed by atoms with E-state index < -0.39 is 13.8 Å². The molecule has 0 radical (unpaired) electrons. The van der Waals surface area contributed by atoms with Crippen LogP contribution in [0.25, 0.3) is 0 Å². The van der Waals surface area contributed by atoms with Gasteiger partial charge < -0.3 is 0 Å². The van der Waals surface area contributed by atoms with Crippen molar-refractivity contribution in [3.63, 3.8) is 0 Å². The van der Waals surface area contributed by atoms with Crippen LogP contribution in [0.1, 0.15) is 6.92 Å². The van der Waals surface area contributed by atoms with Crippen LogP contribution in [-0.4, -0.2) is 11.3 Å². The molecule has 152 valence electrons. The van der Waals surface area contributed by atoms with Crippen molar-refractivity contribution in [2.24, 2.45) is 0 Å². The van der Waals surface area contributed by atoms with Crippen molar-refractivity contribution in [3.8, 4) is 0 Å². The van der Waals surface area contributed by atoms with Gasteiger partial charge in [0.15, 0.2) is 0 Å². The van der Waals surface area contributed by atoms with Crippen LogP contribution in [0.5, 0.6) is 0 Å². The maximum Gasteiger partial charge on any atom is -0.0165 e. The molecule has 0 fully saturated rings. The maximum absolute atomic E-state index is 2.77. The topological polar surface area (TPSA) is 0 Å². The molecule has 0 atom stereocenters. The first kappa shape index (κ1) is 20.1. The Morgan fingerprint density at radius 2 is 0.742 bits per heavy atom. The monoisotopic (exact) mass is 436 g/mol. The molecular weight excluding hydrogens is 410 g/mol. The largest absolute Gasteiger partial charge is 0.0622 e. The molecule has 31 heavy (non-hydrogen) atoms. The molecule has 0 unspecified atom stereocenters. The third kappa shape index (κ3) is 3.61. The molecule has 1 aliphatic rings. The van der Waals surface area contributed by atoms with Gasteiger partial charge in [-0.1, -0.05) is 121 Å². The predicted molar refractivity (Wildman–Crippen MR) is 144 cm³/mol. The zero-order valence-electron chi connectivity index (χ0n) is 17.7. The van der Waals surface area contributed by atoms with E-state index in [9.17, 15) is 0 Å². The number of hydrogen-bond acceptors (Lipinski definition) is 0. The van der Waals surface area contributed by atoms with Crippen molar-refractivity contribution in [2.45, 2.75) is 6.92 Å². The van der Waals surface area contributed by atoms with E-state index in [2.05, 4.69) is 145 Å². The average Bonchev–Trinajstić information content (AvgIpc) is 2.86. The lowest BCUT2D eigenvalue weighted by Crippen LogP contribution is -2.26. The molecule has 0 aliphatic carbocycles. The van der Waals surface area contributed by atoms with Crippen LogP contribution in [0.3, 0.4) is 0 Å². The molecule has 1 heterocycles. The van der Waals surface area contributed by atoms with Gasteiger partial charge in [0.05, 0.1) is 0 Å². The van der Waals surface area contributed by atoms with Crippen LogP contribution >= 0.6 is 13.8 Å². The second-order valence-electron chi connectivity index (χ2n) is 8.01. The summed E-state index contributed by atoms with van der Waals surface area (Å²) in [6, 6.07) is 44.5. The van der Waals surface area contributed by atoms with Gasteiger partial charge in [0.2, 0.25) is 0 Å². The van der Waals surface area contributed by atoms with Gasteiger partial charge >= 0.3 is 0 Å². The zero-order chi connectivity index (χ0) is 21.2. The molecule has 4 aromatic rings. The summed E-state index contributed by atoms with van der Waals surface area (Å²) in [6.07, 6.45) is 0. The van der Waals surface area contributed by atoms with Gasteiger partial charge in [-0.25, -0.2) is 0 Å². The van der Waals surface area contributed by atoms with Gasteiger partial charge in [0.25, 0.3) is 0 Å². The van der Waals surface area contributed by atoms with Gasteiger partial charge in [0.1, 0.15) is 0 Å². The fourth-order valence-electron chi connectivity index (χ4n) is 4.59. The zero-order valence-corrected chi connectivity index (χ0v) is 19.5. The number of benzene rings is 4. The van der Waals surface area contributed by atoms with Crippen LogP contribution in [0.15, 0.2) is 133 Å². The molecule has 5 rings (SSSR count). The third-order valence-electron chi connectivity index (χ3n) is 5.91. The summed E-state index contributed by atoms with van der Waals surface area (Å²) in [5.41, 5.74) is 4.15. The van der Waals surface area contributed by atoms with Gasteiger partial charge in [0, 0.05) is 0 Å². The first-order chi connectivity index (χ1) is 15.2. The highest BCUT2D eigenvalue weighted by Gasteiger charge is 2.30. The minimum Gasteiger partial charge on any atom is -0.0622 e. The third-order valence-corrected chi connectivity index (χ3v) is 15.1. The standard InChI is InChI=1S/C29H26P2/c1-25-22-30(26-14-6-2-7-15-26,27-16-8-3-9-17-27)24-31(23-25,28-18-10-4-11-19-28)29-20-12-5-13-21-29/h2-24H,1H3. The van der Waals surface area contributed by atoms with Gasteiger partial charge in [-0.2, -0.15) is 0 Å². The molecule has 0 N–H and O–H groups in total. The Bertz CT molecular complexity index is 1150. The van der Waals surface area contributed by atoms with Crippen LogP contribution < -0.4 is 21.2 Å². The number of rotatable bonds is 4. The Morgan fingerprint density at radius 1 is 0.419 bits per heavy atom. The molecule has 1 aliphatic heterocycles. The minimum absolute atomic E-state index is 1.38. The number of allylic oxidation sites excluding steroid dienone is 1. The molecule has 0 saturated heterocycles. The summed E-state index contributed by atoms with van der Waals surface area (Å²) >= 11 is 0. The lowest BCUT2D eigenvalue weighted by molar-refractivity contribution is 1.67. The van der Waals surface area contributed by atoms with Gasteiger partial charge in [-0.05, 0) is 64.6 Å². The van der Waals surface area contributed by atoms with Crippen LogP contribution in [0, 0.1) is 0 Å².